The van der Waals surface area contributed by atoms with E-state index in [1.807, 2.05) is 48.5 Å². The van der Waals surface area contributed by atoms with E-state index in [2.05, 4.69) is 10.6 Å². The number of ether oxygens (including phenoxy) is 1. The molecule has 2 aromatic rings. The van der Waals surface area contributed by atoms with Crippen LogP contribution in [0.1, 0.15) is 11.1 Å². The summed E-state index contributed by atoms with van der Waals surface area (Å²) in [6.45, 7) is 0.376. The fourth-order valence-corrected chi connectivity index (χ4v) is 3.02. The summed E-state index contributed by atoms with van der Waals surface area (Å²) in [5.41, 5.74) is 2.06. The maximum atomic E-state index is 11.8. The predicted molar refractivity (Wildman–Crippen MR) is 105 cm³/mol. The van der Waals surface area contributed by atoms with Gasteiger partial charge in [0.2, 0.25) is 11.8 Å². The lowest BCUT2D eigenvalue weighted by molar-refractivity contribution is -0.124. The second-order valence-corrected chi connectivity index (χ2v) is 6.94. The van der Waals surface area contributed by atoms with Crippen molar-refractivity contribution in [2.45, 2.75) is 12.3 Å². The minimum Gasteiger partial charge on any atom is -0.497 e. The number of hydrogen-bond donors (Lipinski definition) is 2. The van der Waals surface area contributed by atoms with Crippen LogP contribution in [0.25, 0.3) is 0 Å². The molecule has 0 aliphatic carbocycles. The molecule has 138 valence electrons. The Labute approximate surface area is 162 Å². The maximum Gasteiger partial charge on any atom is 0.239 e. The summed E-state index contributed by atoms with van der Waals surface area (Å²) in [6.07, 6.45) is 0. The molecule has 0 radical (unpaired) electrons. The van der Waals surface area contributed by atoms with Crippen molar-refractivity contribution in [1.82, 2.24) is 10.6 Å². The van der Waals surface area contributed by atoms with Crippen LogP contribution in [0.4, 0.5) is 0 Å². The summed E-state index contributed by atoms with van der Waals surface area (Å²) in [6, 6.07) is 14.9. The number of carbonyl (C=O) groups excluding carboxylic acids is 2. The zero-order valence-corrected chi connectivity index (χ0v) is 16.0. The minimum atomic E-state index is -0.225. The molecule has 0 bridgehead atoms. The van der Waals surface area contributed by atoms with Gasteiger partial charge in [0.15, 0.2) is 0 Å². The lowest BCUT2D eigenvalue weighted by Gasteiger charge is -2.08. The van der Waals surface area contributed by atoms with Crippen LogP contribution in [-0.2, 0) is 21.9 Å². The molecule has 0 aliphatic rings. The second-order valence-electron chi connectivity index (χ2n) is 5.52. The summed E-state index contributed by atoms with van der Waals surface area (Å²) >= 11 is 7.32. The SMILES string of the molecule is COc1ccc(CNC(=O)CNC(=O)CSCc2ccc(Cl)cc2)cc1. The van der Waals surface area contributed by atoms with Gasteiger partial charge >= 0.3 is 0 Å². The van der Waals surface area contributed by atoms with Crippen LogP contribution in [0.3, 0.4) is 0 Å². The predicted octanol–water partition coefficient (Wildman–Crippen LogP) is 3.01. The van der Waals surface area contributed by atoms with Gasteiger partial charge in [0.05, 0.1) is 19.4 Å². The van der Waals surface area contributed by atoms with Crippen molar-refractivity contribution in [1.29, 1.82) is 0 Å². The Bertz CT molecular complexity index is 721. The number of nitrogens with one attached hydrogen (secondary N) is 2. The van der Waals surface area contributed by atoms with Gasteiger partial charge in [0.25, 0.3) is 0 Å². The van der Waals surface area contributed by atoms with Crippen molar-refractivity contribution in [3.8, 4) is 5.75 Å². The van der Waals surface area contributed by atoms with Gasteiger partial charge in [-0.1, -0.05) is 35.9 Å². The van der Waals surface area contributed by atoms with E-state index in [0.29, 0.717) is 23.1 Å². The zero-order chi connectivity index (χ0) is 18.8. The van der Waals surface area contributed by atoms with E-state index in [9.17, 15) is 9.59 Å². The largest absolute Gasteiger partial charge is 0.497 e. The molecule has 2 rings (SSSR count). The van der Waals surface area contributed by atoms with Gasteiger partial charge < -0.3 is 15.4 Å². The van der Waals surface area contributed by atoms with E-state index >= 15 is 0 Å². The number of benzene rings is 2. The molecule has 2 aromatic carbocycles. The van der Waals surface area contributed by atoms with Gasteiger partial charge in [-0.2, -0.15) is 0 Å². The molecular weight excluding hydrogens is 372 g/mol. The highest BCUT2D eigenvalue weighted by Gasteiger charge is 2.06. The smallest absolute Gasteiger partial charge is 0.239 e. The molecule has 0 aromatic heterocycles. The lowest BCUT2D eigenvalue weighted by Crippen LogP contribution is -2.37. The maximum absolute atomic E-state index is 11.8. The Hall–Kier alpha value is -2.18. The number of carbonyl (C=O) groups is 2. The Kier molecular flexibility index (Phi) is 8.31. The molecule has 0 saturated carbocycles. The molecule has 5 nitrogen and oxygen atoms in total. The monoisotopic (exact) mass is 392 g/mol. The number of amides is 2. The highest BCUT2D eigenvalue weighted by molar-refractivity contribution is 7.99. The third kappa shape index (κ3) is 7.37. The van der Waals surface area contributed by atoms with Crippen molar-refractivity contribution in [2.24, 2.45) is 0 Å². The Balaban J connectivity index is 1.60. The summed E-state index contributed by atoms with van der Waals surface area (Å²) < 4.78 is 5.08. The fourth-order valence-electron chi connectivity index (χ4n) is 2.08. The van der Waals surface area contributed by atoms with E-state index in [-0.39, 0.29) is 18.4 Å². The molecule has 0 heterocycles. The van der Waals surface area contributed by atoms with E-state index in [1.54, 1.807) is 7.11 Å². The molecule has 0 saturated heterocycles. The van der Waals surface area contributed by atoms with Crippen molar-refractivity contribution in [3.63, 3.8) is 0 Å². The topological polar surface area (TPSA) is 67.4 Å². The number of hydrogen-bond acceptors (Lipinski definition) is 4. The highest BCUT2D eigenvalue weighted by Crippen LogP contribution is 2.15. The fraction of sp³-hybridized carbons (Fsp3) is 0.263. The molecule has 0 aliphatic heterocycles. The van der Waals surface area contributed by atoms with Crippen LogP contribution in [0.2, 0.25) is 5.02 Å². The van der Waals surface area contributed by atoms with Crippen molar-refractivity contribution < 1.29 is 14.3 Å². The van der Waals surface area contributed by atoms with Crippen LogP contribution in [0, 0.1) is 0 Å². The normalized spacial score (nSPS) is 10.2. The van der Waals surface area contributed by atoms with Gasteiger partial charge in [0, 0.05) is 17.3 Å². The molecular formula is C19H21ClN2O3S. The van der Waals surface area contributed by atoms with E-state index in [1.165, 1.54) is 11.8 Å². The van der Waals surface area contributed by atoms with Crippen LogP contribution in [0.5, 0.6) is 5.75 Å². The van der Waals surface area contributed by atoms with Crippen molar-refractivity contribution >= 4 is 35.2 Å². The molecule has 7 heteroatoms. The van der Waals surface area contributed by atoms with Gasteiger partial charge in [-0.15, -0.1) is 11.8 Å². The molecule has 0 spiro atoms. The quantitative estimate of drug-likeness (QED) is 0.688. The van der Waals surface area contributed by atoms with Crippen LogP contribution < -0.4 is 15.4 Å². The van der Waals surface area contributed by atoms with Gasteiger partial charge in [-0.05, 0) is 35.4 Å². The molecule has 2 N–H and O–H groups in total. The summed E-state index contributed by atoms with van der Waals surface area (Å²) in [5.74, 6) is 1.40. The first-order valence-electron chi connectivity index (χ1n) is 8.05. The standard InChI is InChI=1S/C19H21ClN2O3S/c1-25-17-8-4-14(5-9-17)10-21-18(23)11-22-19(24)13-26-12-15-2-6-16(20)7-3-15/h2-9H,10-13H2,1H3,(H,21,23)(H,22,24). The zero-order valence-electron chi connectivity index (χ0n) is 14.5. The van der Waals surface area contributed by atoms with E-state index in [0.717, 1.165) is 16.9 Å². The first-order chi connectivity index (χ1) is 12.6. The van der Waals surface area contributed by atoms with Gasteiger partial charge in [0.1, 0.15) is 5.75 Å². The first kappa shape index (κ1) is 20.1. The lowest BCUT2D eigenvalue weighted by atomic mass is 10.2. The Morgan fingerprint density at radius 2 is 1.62 bits per heavy atom. The third-order valence-corrected chi connectivity index (χ3v) is 4.77. The average Bonchev–Trinajstić information content (AvgIpc) is 2.66. The first-order valence-corrected chi connectivity index (χ1v) is 9.58. The molecule has 2 amide bonds. The summed E-state index contributed by atoms with van der Waals surface area (Å²) in [4.78, 5) is 23.6. The van der Waals surface area contributed by atoms with Gasteiger partial charge in [-0.3, -0.25) is 9.59 Å². The molecule has 26 heavy (non-hydrogen) atoms. The van der Waals surface area contributed by atoms with Crippen molar-refractivity contribution in [2.75, 3.05) is 19.4 Å². The van der Waals surface area contributed by atoms with Gasteiger partial charge in [-0.25, -0.2) is 0 Å². The number of halogens is 1. The molecule has 0 fully saturated rings. The molecule has 0 atom stereocenters. The number of rotatable bonds is 9. The van der Waals surface area contributed by atoms with Crippen LogP contribution >= 0.6 is 23.4 Å². The van der Waals surface area contributed by atoms with Crippen LogP contribution in [0.15, 0.2) is 48.5 Å². The summed E-state index contributed by atoms with van der Waals surface area (Å²) in [7, 11) is 1.60. The Morgan fingerprint density at radius 3 is 2.27 bits per heavy atom. The average molecular weight is 393 g/mol. The minimum absolute atomic E-state index is 0.0313. The van der Waals surface area contributed by atoms with E-state index in [4.69, 9.17) is 16.3 Å². The van der Waals surface area contributed by atoms with E-state index < -0.39 is 0 Å². The number of methoxy groups -OCH3 is 1. The van der Waals surface area contributed by atoms with Crippen LogP contribution in [-0.4, -0.2) is 31.2 Å². The molecule has 0 unspecified atom stereocenters. The highest BCUT2D eigenvalue weighted by atomic mass is 35.5. The summed E-state index contributed by atoms with van der Waals surface area (Å²) in [5, 5.41) is 6.08. The third-order valence-electron chi connectivity index (χ3n) is 3.51. The Morgan fingerprint density at radius 1 is 0.962 bits per heavy atom. The second kappa shape index (κ2) is 10.7. The van der Waals surface area contributed by atoms with Crippen molar-refractivity contribution in [3.05, 3.63) is 64.7 Å². The number of thioether (sulfide) groups is 1.